The molecule has 0 aliphatic carbocycles. The van der Waals surface area contributed by atoms with Crippen LogP contribution in [0, 0.1) is 20.6 Å². The van der Waals surface area contributed by atoms with Gasteiger partial charge in [0.1, 0.15) is 0 Å². The van der Waals surface area contributed by atoms with Crippen LogP contribution in [0.3, 0.4) is 0 Å². The van der Waals surface area contributed by atoms with Crippen molar-refractivity contribution in [1.29, 1.82) is 0 Å². The van der Waals surface area contributed by atoms with Crippen LogP contribution >= 0.6 is 22.6 Å². The lowest BCUT2D eigenvalue weighted by Crippen LogP contribution is -2.13. The van der Waals surface area contributed by atoms with Crippen LogP contribution in [0.2, 0.25) is 0 Å². The molecule has 0 spiro atoms. The minimum atomic E-state index is -0.390. The second-order valence-electron chi connectivity index (χ2n) is 4.36. The van der Waals surface area contributed by atoms with E-state index in [2.05, 4.69) is 22.6 Å². The van der Waals surface area contributed by atoms with E-state index in [0.717, 1.165) is 20.3 Å². The van der Waals surface area contributed by atoms with Gasteiger partial charge in [-0.05, 0) is 52.3 Å². The summed E-state index contributed by atoms with van der Waals surface area (Å²) >= 11 is 2.22. The smallest absolute Gasteiger partial charge is 0.270 e. The lowest BCUT2D eigenvalue weighted by atomic mass is 9.97. The van der Waals surface area contributed by atoms with Gasteiger partial charge in [0.05, 0.1) is 11.0 Å². The van der Waals surface area contributed by atoms with Crippen molar-refractivity contribution in [3.63, 3.8) is 0 Å². The van der Waals surface area contributed by atoms with E-state index < -0.39 is 0 Å². The molecule has 0 aliphatic rings. The fourth-order valence-electron chi connectivity index (χ4n) is 1.98. The van der Waals surface area contributed by atoms with Gasteiger partial charge in [-0.1, -0.05) is 24.3 Å². The molecule has 19 heavy (non-hydrogen) atoms. The summed E-state index contributed by atoms with van der Waals surface area (Å²) in [5.41, 5.74) is 8.88. The van der Waals surface area contributed by atoms with Crippen molar-refractivity contribution in [2.45, 2.75) is 13.0 Å². The largest absolute Gasteiger partial charge is 0.320 e. The SMILES string of the molecule is Cc1cc(C(N)c2ccccc2I)cc([N+](=O)[O-])c1. The van der Waals surface area contributed by atoms with E-state index in [-0.39, 0.29) is 16.7 Å². The second-order valence-corrected chi connectivity index (χ2v) is 5.52. The monoisotopic (exact) mass is 368 g/mol. The molecule has 0 heterocycles. The molecule has 0 saturated carbocycles. The zero-order chi connectivity index (χ0) is 14.0. The Hall–Kier alpha value is -1.47. The Morgan fingerprint density at radius 3 is 2.58 bits per heavy atom. The third-order valence-corrected chi connectivity index (χ3v) is 3.88. The summed E-state index contributed by atoms with van der Waals surface area (Å²) in [7, 11) is 0. The molecule has 0 radical (unpaired) electrons. The van der Waals surface area contributed by atoms with Crippen LogP contribution in [-0.2, 0) is 0 Å². The lowest BCUT2D eigenvalue weighted by molar-refractivity contribution is -0.385. The molecule has 2 N–H and O–H groups in total. The van der Waals surface area contributed by atoms with Gasteiger partial charge in [0.25, 0.3) is 5.69 Å². The van der Waals surface area contributed by atoms with Crippen molar-refractivity contribution in [3.05, 3.63) is 72.8 Å². The minimum absolute atomic E-state index is 0.0800. The Labute approximate surface area is 124 Å². The standard InChI is InChI=1S/C14H13IN2O2/c1-9-6-10(8-11(7-9)17(18)19)14(16)12-4-2-3-5-13(12)15/h2-8,14H,16H2,1H3. The van der Waals surface area contributed by atoms with E-state index in [4.69, 9.17) is 5.73 Å². The van der Waals surface area contributed by atoms with Gasteiger partial charge in [-0.25, -0.2) is 0 Å². The quantitative estimate of drug-likeness (QED) is 0.512. The van der Waals surface area contributed by atoms with Gasteiger partial charge < -0.3 is 5.73 Å². The van der Waals surface area contributed by atoms with Crippen LogP contribution in [0.4, 0.5) is 5.69 Å². The predicted molar refractivity (Wildman–Crippen MR) is 83.0 cm³/mol. The van der Waals surface area contributed by atoms with E-state index in [9.17, 15) is 10.1 Å². The van der Waals surface area contributed by atoms with Crippen molar-refractivity contribution in [2.75, 3.05) is 0 Å². The first-order chi connectivity index (χ1) is 8.99. The molecule has 0 fully saturated rings. The highest BCUT2D eigenvalue weighted by Crippen LogP contribution is 2.27. The molecule has 0 saturated heterocycles. The zero-order valence-corrected chi connectivity index (χ0v) is 12.5. The highest BCUT2D eigenvalue weighted by atomic mass is 127. The lowest BCUT2D eigenvalue weighted by Gasteiger charge is -2.14. The Morgan fingerprint density at radius 1 is 1.26 bits per heavy atom. The summed E-state index contributed by atoms with van der Waals surface area (Å²) < 4.78 is 1.05. The number of hydrogen-bond donors (Lipinski definition) is 1. The number of rotatable bonds is 3. The first-order valence-electron chi connectivity index (χ1n) is 5.75. The van der Waals surface area contributed by atoms with Crippen molar-refractivity contribution >= 4 is 28.3 Å². The van der Waals surface area contributed by atoms with Crippen LogP contribution in [0.1, 0.15) is 22.7 Å². The first-order valence-corrected chi connectivity index (χ1v) is 6.83. The van der Waals surface area contributed by atoms with Crippen LogP contribution in [0.25, 0.3) is 0 Å². The number of aryl methyl sites for hydroxylation is 1. The maximum atomic E-state index is 10.9. The maximum absolute atomic E-state index is 10.9. The van der Waals surface area contributed by atoms with E-state index >= 15 is 0 Å². The maximum Gasteiger partial charge on any atom is 0.270 e. The van der Waals surface area contributed by atoms with Crippen molar-refractivity contribution < 1.29 is 4.92 Å². The summed E-state index contributed by atoms with van der Waals surface area (Å²) in [4.78, 5) is 10.5. The van der Waals surface area contributed by atoms with Gasteiger partial charge in [-0.15, -0.1) is 0 Å². The number of benzene rings is 2. The van der Waals surface area contributed by atoms with Gasteiger partial charge in [0.15, 0.2) is 0 Å². The number of hydrogen-bond acceptors (Lipinski definition) is 3. The molecule has 98 valence electrons. The Bertz CT molecular complexity index is 629. The van der Waals surface area contributed by atoms with E-state index in [1.807, 2.05) is 37.3 Å². The fourth-order valence-corrected chi connectivity index (χ4v) is 2.71. The molecule has 2 aromatic carbocycles. The predicted octanol–water partition coefficient (Wildman–Crippen LogP) is 3.56. The molecule has 0 aliphatic heterocycles. The summed E-state index contributed by atoms with van der Waals surface area (Å²) in [6, 6.07) is 12.4. The molecule has 5 heteroatoms. The number of nitrogens with zero attached hydrogens (tertiary/aromatic N) is 1. The molecule has 1 atom stereocenters. The molecule has 0 amide bonds. The van der Waals surface area contributed by atoms with Crippen molar-refractivity contribution in [3.8, 4) is 0 Å². The highest BCUT2D eigenvalue weighted by Gasteiger charge is 2.16. The Kier molecular flexibility index (Phi) is 4.16. The summed E-state index contributed by atoms with van der Waals surface area (Å²) in [6.07, 6.45) is 0. The zero-order valence-electron chi connectivity index (χ0n) is 10.3. The van der Waals surface area contributed by atoms with Crippen LogP contribution in [-0.4, -0.2) is 4.92 Å². The van der Waals surface area contributed by atoms with Crippen LogP contribution in [0.5, 0.6) is 0 Å². The average molecular weight is 368 g/mol. The number of nitro groups is 1. The normalized spacial score (nSPS) is 12.2. The molecule has 2 rings (SSSR count). The van der Waals surface area contributed by atoms with Gasteiger partial charge in [0, 0.05) is 15.7 Å². The Balaban J connectivity index is 2.47. The van der Waals surface area contributed by atoms with Gasteiger partial charge in [-0.2, -0.15) is 0 Å². The van der Waals surface area contributed by atoms with Gasteiger partial charge in [-0.3, -0.25) is 10.1 Å². The summed E-state index contributed by atoms with van der Waals surface area (Å²) in [5, 5.41) is 10.9. The molecule has 0 aromatic heterocycles. The summed E-state index contributed by atoms with van der Waals surface area (Å²) in [5.74, 6) is 0. The highest BCUT2D eigenvalue weighted by molar-refractivity contribution is 14.1. The molecule has 4 nitrogen and oxygen atoms in total. The molecule has 1 unspecified atom stereocenters. The third kappa shape index (κ3) is 3.10. The third-order valence-electron chi connectivity index (χ3n) is 2.89. The number of non-ortho nitro benzene ring substituents is 1. The van der Waals surface area contributed by atoms with E-state index in [1.165, 1.54) is 0 Å². The molecular weight excluding hydrogens is 355 g/mol. The van der Waals surface area contributed by atoms with Crippen LogP contribution < -0.4 is 5.73 Å². The second kappa shape index (κ2) is 5.66. The minimum Gasteiger partial charge on any atom is -0.320 e. The topological polar surface area (TPSA) is 69.2 Å². The molecule has 0 bridgehead atoms. The average Bonchev–Trinajstić information content (AvgIpc) is 2.37. The van der Waals surface area contributed by atoms with Crippen molar-refractivity contribution in [2.24, 2.45) is 5.73 Å². The van der Waals surface area contributed by atoms with Crippen molar-refractivity contribution in [1.82, 2.24) is 0 Å². The van der Waals surface area contributed by atoms with Gasteiger partial charge in [0.2, 0.25) is 0 Å². The van der Waals surface area contributed by atoms with E-state index in [0.29, 0.717) is 0 Å². The number of nitro benzene ring substituents is 1. The fraction of sp³-hybridized carbons (Fsp3) is 0.143. The summed E-state index contributed by atoms with van der Waals surface area (Å²) in [6.45, 7) is 1.83. The van der Waals surface area contributed by atoms with Crippen LogP contribution in [0.15, 0.2) is 42.5 Å². The van der Waals surface area contributed by atoms with Gasteiger partial charge >= 0.3 is 0 Å². The van der Waals surface area contributed by atoms with E-state index in [1.54, 1.807) is 12.1 Å². The first kappa shape index (κ1) is 14.0. The number of halogens is 1. The number of nitrogens with two attached hydrogens (primary N) is 1. The Morgan fingerprint density at radius 2 is 1.95 bits per heavy atom. The molecular formula is C14H13IN2O2. The molecule has 2 aromatic rings.